The summed E-state index contributed by atoms with van der Waals surface area (Å²) in [5, 5.41) is 2.83. The molecule has 1 saturated heterocycles. The van der Waals surface area contributed by atoms with Crippen molar-refractivity contribution in [2.45, 2.75) is 19.4 Å². The maximum atomic E-state index is 12.6. The molecule has 0 radical (unpaired) electrons. The van der Waals surface area contributed by atoms with Crippen molar-refractivity contribution in [2.75, 3.05) is 46.9 Å². The van der Waals surface area contributed by atoms with E-state index in [9.17, 15) is 9.59 Å². The quantitative estimate of drug-likeness (QED) is 0.751. The predicted octanol–water partition coefficient (Wildman–Crippen LogP) is 1.53. The molecular weight excluding hydrogens is 340 g/mol. The zero-order chi connectivity index (χ0) is 19.3. The van der Waals surface area contributed by atoms with Crippen molar-refractivity contribution in [1.82, 2.24) is 4.90 Å². The van der Waals surface area contributed by atoms with E-state index in [2.05, 4.69) is 5.32 Å². The molecule has 8 heteroatoms. The first kappa shape index (κ1) is 19.8. The Bertz CT molecular complexity index is 638. The number of amides is 2. The molecule has 0 aliphatic carbocycles. The molecule has 8 nitrogen and oxygen atoms in total. The Morgan fingerprint density at radius 3 is 2.31 bits per heavy atom. The SMILES string of the molecule is COC[C@H](C)N1C[C@H](C(=O)Nc2cc(OC)c(OC)c(OC)c2)CC1=O. The highest BCUT2D eigenvalue weighted by Crippen LogP contribution is 2.40. The maximum absolute atomic E-state index is 12.6. The van der Waals surface area contributed by atoms with Crippen LogP contribution in [-0.2, 0) is 14.3 Å². The van der Waals surface area contributed by atoms with Gasteiger partial charge in [0.05, 0.1) is 39.9 Å². The molecular formula is C18H26N2O6. The monoisotopic (exact) mass is 366 g/mol. The Kier molecular flexibility index (Phi) is 6.68. The predicted molar refractivity (Wildman–Crippen MR) is 95.9 cm³/mol. The van der Waals surface area contributed by atoms with Gasteiger partial charge in [0, 0.05) is 37.9 Å². The Morgan fingerprint density at radius 1 is 1.19 bits per heavy atom. The van der Waals surface area contributed by atoms with Crippen LogP contribution in [0.5, 0.6) is 17.2 Å². The van der Waals surface area contributed by atoms with Gasteiger partial charge in [-0.25, -0.2) is 0 Å². The summed E-state index contributed by atoms with van der Waals surface area (Å²) >= 11 is 0. The fourth-order valence-corrected chi connectivity index (χ4v) is 3.06. The third-order valence-corrected chi connectivity index (χ3v) is 4.40. The van der Waals surface area contributed by atoms with Crippen LogP contribution in [0.15, 0.2) is 12.1 Å². The van der Waals surface area contributed by atoms with E-state index in [1.807, 2.05) is 6.92 Å². The van der Waals surface area contributed by atoms with E-state index >= 15 is 0 Å². The normalized spacial score (nSPS) is 17.8. The van der Waals surface area contributed by atoms with Gasteiger partial charge < -0.3 is 29.2 Å². The van der Waals surface area contributed by atoms with Gasteiger partial charge in [-0.2, -0.15) is 0 Å². The zero-order valence-electron chi connectivity index (χ0n) is 15.8. The Balaban J connectivity index is 2.12. The van der Waals surface area contributed by atoms with E-state index in [-0.39, 0.29) is 24.3 Å². The van der Waals surface area contributed by atoms with Crippen LogP contribution in [0.1, 0.15) is 13.3 Å². The van der Waals surface area contributed by atoms with Crippen molar-refractivity contribution in [3.05, 3.63) is 12.1 Å². The maximum Gasteiger partial charge on any atom is 0.229 e. The molecule has 0 spiro atoms. The van der Waals surface area contributed by atoms with Crippen LogP contribution in [-0.4, -0.2) is 64.3 Å². The first-order valence-corrected chi connectivity index (χ1v) is 8.34. The number of anilines is 1. The molecule has 144 valence electrons. The molecule has 1 heterocycles. The van der Waals surface area contributed by atoms with Crippen LogP contribution >= 0.6 is 0 Å². The molecule has 2 atom stereocenters. The van der Waals surface area contributed by atoms with Crippen LogP contribution in [0.3, 0.4) is 0 Å². The molecule has 1 aromatic carbocycles. The van der Waals surface area contributed by atoms with Crippen molar-refractivity contribution < 1.29 is 28.5 Å². The largest absolute Gasteiger partial charge is 0.493 e. The molecule has 0 unspecified atom stereocenters. The van der Waals surface area contributed by atoms with Gasteiger partial charge in [-0.3, -0.25) is 9.59 Å². The Hall–Kier alpha value is -2.48. The smallest absolute Gasteiger partial charge is 0.229 e. The number of nitrogens with zero attached hydrogens (tertiary/aromatic N) is 1. The van der Waals surface area contributed by atoms with Gasteiger partial charge in [0.25, 0.3) is 0 Å². The van der Waals surface area contributed by atoms with E-state index < -0.39 is 5.92 Å². The Morgan fingerprint density at radius 2 is 1.81 bits per heavy atom. The average molecular weight is 366 g/mol. The molecule has 0 bridgehead atoms. The number of nitrogens with one attached hydrogen (secondary N) is 1. The third kappa shape index (κ3) is 4.19. The summed E-state index contributed by atoms with van der Waals surface area (Å²) in [4.78, 5) is 26.5. The molecule has 26 heavy (non-hydrogen) atoms. The lowest BCUT2D eigenvalue weighted by molar-refractivity contribution is -0.130. The first-order valence-electron chi connectivity index (χ1n) is 8.34. The molecule has 1 aliphatic heterocycles. The Labute approximate surface area is 153 Å². The lowest BCUT2D eigenvalue weighted by atomic mass is 10.1. The highest BCUT2D eigenvalue weighted by Gasteiger charge is 2.36. The van der Waals surface area contributed by atoms with Gasteiger partial charge in [0.15, 0.2) is 11.5 Å². The summed E-state index contributed by atoms with van der Waals surface area (Å²) in [6.45, 7) is 2.72. The van der Waals surface area contributed by atoms with Crippen LogP contribution in [0.2, 0.25) is 0 Å². The minimum Gasteiger partial charge on any atom is -0.493 e. The van der Waals surface area contributed by atoms with Crippen molar-refractivity contribution in [2.24, 2.45) is 5.92 Å². The fraction of sp³-hybridized carbons (Fsp3) is 0.556. The van der Waals surface area contributed by atoms with Gasteiger partial charge in [0.2, 0.25) is 17.6 Å². The standard InChI is InChI=1S/C18H26N2O6/c1-11(10-23-2)20-9-12(6-16(20)21)18(22)19-13-7-14(24-3)17(26-5)15(8-13)25-4/h7-8,11-12H,6,9-10H2,1-5H3,(H,19,22)/t11-,12+/m0/s1. The number of carbonyl (C=O) groups excluding carboxylic acids is 2. The summed E-state index contributed by atoms with van der Waals surface area (Å²) in [5.41, 5.74) is 0.514. The van der Waals surface area contributed by atoms with Crippen LogP contribution in [0.4, 0.5) is 5.69 Å². The van der Waals surface area contributed by atoms with Gasteiger partial charge in [-0.15, -0.1) is 0 Å². The molecule has 2 amide bonds. The number of methoxy groups -OCH3 is 4. The lowest BCUT2D eigenvalue weighted by Gasteiger charge is -2.24. The molecule has 1 N–H and O–H groups in total. The number of likely N-dealkylation sites (tertiary alicyclic amines) is 1. The van der Waals surface area contributed by atoms with Crippen molar-refractivity contribution in [3.8, 4) is 17.2 Å². The second-order valence-corrected chi connectivity index (χ2v) is 6.15. The fourth-order valence-electron chi connectivity index (χ4n) is 3.06. The first-order chi connectivity index (χ1) is 12.4. The minimum atomic E-state index is -0.416. The van der Waals surface area contributed by atoms with E-state index in [1.165, 1.54) is 21.3 Å². The van der Waals surface area contributed by atoms with Crippen molar-refractivity contribution in [1.29, 1.82) is 0 Å². The molecule has 1 aromatic rings. The van der Waals surface area contributed by atoms with Crippen molar-refractivity contribution in [3.63, 3.8) is 0 Å². The summed E-state index contributed by atoms with van der Waals surface area (Å²) < 4.78 is 20.9. The summed E-state index contributed by atoms with van der Waals surface area (Å²) in [5.74, 6) is 0.656. The number of rotatable bonds is 8. The molecule has 2 rings (SSSR count). The molecule has 1 aliphatic rings. The lowest BCUT2D eigenvalue weighted by Crippen LogP contribution is -2.38. The van der Waals surface area contributed by atoms with E-state index in [4.69, 9.17) is 18.9 Å². The van der Waals surface area contributed by atoms with E-state index in [0.29, 0.717) is 36.1 Å². The van der Waals surface area contributed by atoms with E-state index in [1.54, 1.807) is 24.1 Å². The number of carbonyl (C=O) groups is 2. The molecule has 0 saturated carbocycles. The highest BCUT2D eigenvalue weighted by atomic mass is 16.5. The second kappa shape index (κ2) is 8.75. The summed E-state index contributed by atoms with van der Waals surface area (Å²) in [6.07, 6.45) is 0.185. The van der Waals surface area contributed by atoms with Crippen molar-refractivity contribution >= 4 is 17.5 Å². The van der Waals surface area contributed by atoms with Crippen LogP contribution in [0, 0.1) is 5.92 Å². The van der Waals surface area contributed by atoms with E-state index in [0.717, 1.165) is 0 Å². The molecule has 0 aromatic heterocycles. The van der Waals surface area contributed by atoms with Crippen LogP contribution in [0.25, 0.3) is 0 Å². The molecule has 1 fully saturated rings. The summed E-state index contributed by atoms with van der Waals surface area (Å²) in [6, 6.07) is 3.24. The van der Waals surface area contributed by atoms with Gasteiger partial charge in [0.1, 0.15) is 0 Å². The number of ether oxygens (including phenoxy) is 4. The zero-order valence-corrected chi connectivity index (χ0v) is 15.8. The highest BCUT2D eigenvalue weighted by molar-refractivity contribution is 5.97. The number of hydrogen-bond acceptors (Lipinski definition) is 6. The van der Waals surface area contributed by atoms with Gasteiger partial charge >= 0.3 is 0 Å². The second-order valence-electron chi connectivity index (χ2n) is 6.15. The third-order valence-electron chi connectivity index (χ3n) is 4.40. The number of hydrogen-bond donors (Lipinski definition) is 1. The van der Waals surface area contributed by atoms with Gasteiger partial charge in [-0.1, -0.05) is 0 Å². The summed E-state index contributed by atoms with van der Waals surface area (Å²) in [7, 11) is 6.12. The number of benzene rings is 1. The van der Waals surface area contributed by atoms with Crippen LogP contribution < -0.4 is 19.5 Å². The average Bonchev–Trinajstić information content (AvgIpc) is 3.03. The topological polar surface area (TPSA) is 86.3 Å². The van der Waals surface area contributed by atoms with Gasteiger partial charge in [-0.05, 0) is 6.92 Å². The minimum absolute atomic E-state index is 0.0420.